The minimum Gasteiger partial charge on any atom is -0.459 e. The predicted molar refractivity (Wildman–Crippen MR) is 224 cm³/mol. The zero-order valence-corrected chi connectivity index (χ0v) is 33.7. The summed E-state index contributed by atoms with van der Waals surface area (Å²) < 4.78 is 20.9. The summed E-state index contributed by atoms with van der Waals surface area (Å²) in [5.74, 6) is 0.356. The highest BCUT2D eigenvalue weighted by molar-refractivity contribution is 6.04. The number of aryl methyl sites for hydroxylation is 2. The molecule has 9 heteroatoms. The van der Waals surface area contributed by atoms with Crippen LogP contribution in [-0.4, -0.2) is 72.5 Å². The molecule has 7 rings (SSSR count). The van der Waals surface area contributed by atoms with Crippen molar-refractivity contribution in [1.29, 1.82) is 0 Å². The third-order valence-corrected chi connectivity index (χ3v) is 12.3. The first-order valence-corrected chi connectivity index (χ1v) is 20.4. The Balaban J connectivity index is 1.41. The minimum absolute atomic E-state index is 0.110. The van der Waals surface area contributed by atoms with E-state index in [1.54, 1.807) is 18.1 Å². The van der Waals surface area contributed by atoms with E-state index in [1.165, 1.54) is 5.56 Å². The van der Waals surface area contributed by atoms with Gasteiger partial charge in [-0.05, 0) is 121 Å². The fourth-order valence-corrected chi connectivity index (χ4v) is 9.48. The molecular formula is C48H56N2O7. The number of ether oxygens (including phenoxy) is 3. The second-order valence-corrected chi connectivity index (χ2v) is 15.8. The predicted octanol–water partition coefficient (Wildman–Crippen LogP) is 9.28. The van der Waals surface area contributed by atoms with Crippen molar-refractivity contribution < 1.29 is 34.1 Å². The Morgan fingerprint density at radius 1 is 0.930 bits per heavy atom. The van der Waals surface area contributed by atoms with Gasteiger partial charge in [-0.3, -0.25) is 4.79 Å². The first-order valence-electron chi connectivity index (χ1n) is 20.4. The summed E-state index contributed by atoms with van der Waals surface area (Å²) in [6.45, 7) is 8.63. The number of hydrogen-bond donors (Lipinski definition) is 2. The van der Waals surface area contributed by atoms with Gasteiger partial charge in [0.1, 0.15) is 30.4 Å². The summed E-state index contributed by atoms with van der Waals surface area (Å²) in [5, 5.41) is 26.4. The van der Waals surface area contributed by atoms with Crippen LogP contribution < -0.4 is 9.47 Å². The standard InChI is InChI=1S/C48H56N2O7/c1-6-25-55-48-44(50(4)47(53)36-19-18-33-13-7-8-14-34(33)27-36)30-42(49-54-5)40-28-35(15-9-11-23-51)39(16-10-12-24-52)45(46(40)48)41-29-38(21-22-43(41)57-48)56-37-20-17-31(2)32(3)26-37/h6-8,13-14,17-22,26-29,35,39,44-46,51-52H,1,9-12,15-16,23-25,30H2,2-5H3/t35-,39+,44-,45+,46+,48+/m0/s1. The quantitative estimate of drug-likeness (QED) is 0.0664. The number of allylic oxidation sites excluding steroid dienone is 1. The number of oxime groups is 1. The fourth-order valence-electron chi connectivity index (χ4n) is 9.48. The van der Waals surface area contributed by atoms with Crippen molar-refractivity contribution >= 4 is 22.4 Å². The molecule has 1 heterocycles. The van der Waals surface area contributed by atoms with E-state index in [4.69, 9.17) is 19.0 Å². The van der Waals surface area contributed by atoms with Crippen LogP contribution in [0, 0.1) is 31.6 Å². The first kappa shape index (κ1) is 40.2. The van der Waals surface area contributed by atoms with Crippen molar-refractivity contribution in [3.8, 4) is 17.2 Å². The lowest BCUT2D eigenvalue weighted by molar-refractivity contribution is -0.252. The summed E-state index contributed by atoms with van der Waals surface area (Å²) in [5.41, 5.74) is 5.66. The van der Waals surface area contributed by atoms with Crippen LogP contribution in [0.5, 0.6) is 17.2 Å². The fraction of sp³-hybridized carbons (Fsp3) is 0.417. The third-order valence-electron chi connectivity index (χ3n) is 12.3. The highest BCUT2D eigenvalue weighted by atomic mass is 16.7. The highest BCUT2D eigenvalue weighted by Crippen LogP contribution is 2.62. The lowest BCUT2D eigenvalue weighted by atomic mass is 9.55. The van der Waals surface area contributed by atoms with Gasteiger partial charge in [0.25, 0.3) is 5.91 Å². The Hall–Kier alpha value is -4.96. The topological polar surface area (TPSA) is 110 Å². The average molecular weight is 773 g/mol. The van der Waals surface area contributed by atoms with Crippen molar-refractivity contribution in [2.24, 2.45) is 22.9 Å². The normalized spacial score (nSPS) is 24.2. The largest absolute Gasteiger partial charge is 0.459 e. The van der Waals surface area contributed by atoms with Gasteiger partial charge in [-0.25, -0.2) is 0 Å². The van der Waals surface area contributed by atoms with E-state index in [-0.39, 0.29) is 43.5 Å². The number of nitrogens with zero attached hydrogens (tertiary/aromatic N) is 2. The van der Waals surface area contributed by atoms with E-state index in [1.807, 2.05) is 67.7 Å². The van der Waals surface area contributed by atoms with Crippen LogP contribution in [0.25, 0.3) is 10.8 Å². The maximum absolute atomic E-state index is 14.7. The lowest BCUT2D eigenvalue weighted by Crippen LogP contribution is -2.69. The van der Waals surface area contributed by atoms with Crippen molar-refractivity contribution in [3.63, 3.8) is 0 Å². The minimum atomic E-state index is -1.33. The van der Waals surface area contributed by atoms with Crippen molar-refractivity contribution in [2.45, 2.75) is 76.5 Å². The number of amides is 1. The second kappa shape index (κ2) is 17.7. The van der Waals surface area contributed by atoms with Crippen LogP contribution in [-0.2, 0) is 9.57 Å². The monoisotopic (exact) mass is 772 g/mol. The van der Waals surface area contributed by atoms with Crippen molar-refractivity contribution in [1.82, 2.24) is 4.90 Å². The summed E-state index contributed by atoms with van der Waals surface area (Å²) in [4.78, 5) is 22.0. The summed E-state index contributed by atoms with van der Waals surface area (Å²) >= 11 is 0. The molecule has 0 bridgehead atoms. The summed E-state index contributed by atoms with van der Waals surface area (Å²) in [7, 11) is 3.39. The molecule has 0 spiro atoms. The van der Waals surface area contributed by atoms with E-state index < -0.39 is 17.7 Å². The average Bonchev–Trinajstić information content (AvgIpc) is 3.22. The molecule has 0 unspecified atom stereocenters. The molecule has 1 saturated carbocycles. The van der Waals surface area contributed by atoms with E-state index in [2.05, 4.69) is 49.9 Å². The number of carbonyl (C=O) groups is 1. The van der Waals surface area contributed by atoms with E-state index in [0.29, 0.717) is 36.3 Å². The Morgan fingerprint density at radius 2 is 1.67 bits per heavy atom. The van der Waals surface area contributed by atoms with Gasteiger partial charge in [0.05, 0.1) is 18.2 Å². The van der Waals surface area contributed by atoms with Crippen LogP contribution in [0.1, 0.15) is 77.9 Å². The van der Waals surface area contributed by atoms with Gasteiger partial charge in [0, 0.05) is 43.7 Å². The molecule has 2 N–H and O–H groups in total. The lowest BCUT2D eigenvalue weighted by Gasteiger charge is -2.59. The van der Waals surface area contributed by atoms with Crippen molar-refractivity contribution in [2.75, 3.05) is 34.0 Å². The van der Waals surface area contributed by atoms with Gasteiger partial charge in [0.15, 0.2) is 0 Å². The first-order chi connectivity index (χ1) is 27.7. The van der Waals surface area contributed by atoms with Gasteiger partial charge in [-0.1, -0.05) is 66.5 Å². The molecule has 3 aliphatic rings. The molecule has 0 radical (unpaired) electrons. The Morgan fingerprint density at radius 3 is 2.40 bits per heavy atom. The van der Waals surface area contributed by atoms with Gasteiger partial charge in [-0.15, -0.1) is 6.58 Å². The molecular weight excluding hydrogens is 717 g/mol. The molecule has 1 amide bonds. The number of carbonyl (C=O) groups excluding carboxylic acids is 1. The molecule has 2 aliphatic carbocycles. The summed E-state index contributed by atoms with van der Waals surface area (Å²) in [6.07, 6.45) is 9.22. The van der Waals surface area contributed by atoms with E-state index in [0.717, 1.165) is 64.6 Å². The molecule has 57 heavy (non-hydrogen) atoms. The Kier molecular flexibility index (Phi) is 12.5. The van der Waals surface area contributed by atoms with Crippen molar-refractivity contribution in [3.05, 3.63) is 125 Å². The van der Waals surface area contributed by atoms with Crippen LogP contribution in [0.15, 0.2) is 108 Å². The number of fused-ring (bicyclic) bond motifs is 3. The molecule has 1 fully saturated rings. The van der Waals surface area contributed by atoms with E-state index >= 15 is 0 Å². The zero-order chi connectivity index (χ0) is 40.1. The number of rotatable bonds is 16. The molecule has 4 aromatic carbocycles. The van der Waals surface area contributed by atoms with Crippen LogP contribution in [0.3, 0.4) is 0 Å². The Bertz CT molecular complexity index is 2140. The van der Waals surface area contributed by atoms with Gasteiger partial charge >= 0.3 is 0 Å². The molecule has 0 aromatic heterocycles. The summed E-state index contributed by atoms with van der Waals surface area (Å²) in [6, 6.07) is 25.3. The highest BCUT2D eigenvalue weighted by Gasteiger charge is 2.65. The zero-order valence-electron chi connectivity index (χ0n) is 33.7. The number of aliphatic hydroxyl groups is 2. The molecule has 9 nitrogen and oxygen atoms in total. The van der Waals surface area contributed by atoms with Gasteiger partial charge < -0.3 is 34.2 Å². The molecule has 4 aromatic rings. The maximum atomic E-state index is 14.7. The maximum Gasteiger partial charge on any atom is 0.254 e. The molecule has 6 atom stereocenters. The van der Waals surface area contributed by atoms with Gasteiger partial charge in [-0.2, -0.15) is 0 Å². The molecule has 300 valence electrons. The van der Waals surface area contributed by atoms with Crippen LogP contribution in [0.2, 0.25) is 0 Å². The van der Waals surface area contributed by atoms with Crippen LogP contribution >= 0.6 is 0 Å². The molecule has 0 saturated heterocycles. The second-order valence-electron chi connectivity index (χ2n) is 15.8. The molecule has 1 aliphatic heterocycles. The van der Waals surface area contributed by atoms with E-state index in [9.17, 15) is 15.0 Å². The third kappa shape index (κ3) is 7.98. The Labute approximate surface area is 336 Å². The number of hydrogen-bond acceptors (Lipinski definition) is 8. The smallest absolute Gasteiger partial charge is 0.254 e. The number of unbranched alkanes of at least 4 members (excludes halogenated alkanes) is 2. The van der Waals surface area contributed by atoms with Gasteiger partial charge in [0.2, 0.25) is 5.79 Å². The van der Waals surface area contributed by atoms with Crippen LogP contribution in [0.4, 0.5) is 0 Å². The SMILES string of the molecule is C=CCO[C@@]12Oc3ccc(Oc4ccc(C)c(C)c4)cc3[C@H]3[C@H](CCCCO)[C@@H](CCCCO)C=C(C(=NOC)C[C@@H]1N(C)C(=O)c1ccc4ccccc4c1)[C@H]32. The number of benzene rings is 4. The number of aliphatic hydroxyl groups excluding tert-OH is 2. The number of likely N-dealkylation sites (N-methyl/N-ethyl adjacent to an activating group) is 1.